The Kier molecular flexibility index (Phi) is 7.39. The minimum Gasteiger partial charge on any atom is -0.492 e. The third-order valence-electron chi connectivity index (χ3n) is 5.13. The Labute approximate surface area is 166 Å². The van der Waals surface area contributed by atoms with Crippen molar-refractivity contribution >= 4 is 5.91 Å². The number of benzene rings is 2. The summed E-state index contributed by atoms with van der Waals surface area (Å²) in [5.74, 6) is 0.633. The molecule has 0 spiro atoms. The van der Waals surface area contributed by atoms with Gasteiger partial charge in [-0.1, -0.05) is 30.3 Å². The van der Waals surface area contributed by atoms with E-state index in [4.69, 9.17) is 4.74 Å². The molecule has 1 fully saturated rings. The molecule has 0 saturated carbocycles. The minimum absolute atomic E-state index is 0.00480. The lowest BCUT2D eigenvalue weighted by Gasteiger charge is -2.37. The van der Waals surface area contributed by atoms with Gasteiger partial charge in [0.2, 0.25) is 5.91 Å². The summed E-state index contributed by atoms with van der Waals surface area (Å²) in [7, 11) is 0. The van der Waals surface area contributed by atoms with Crippen LogP contribution in [-0.2, 0) is 11.3 Å². The van der Waals surface area contributed by atoms with Gasteiger partial charge in [0.1, 0.15) is 18.2 Å². The summed E-state index contributed by atoms with van der Waals surface area (Å²) >= 11 is 0. The highest BCUT2D eigenvalue weighted by Gasteiger charge is 2.25. The van der Waals surface area contributed by atoms with Gasteiger partial charge in [0, 0.05) is 39.3 Å². The van der Waals surface area contributed by atoms with E-state index >= 15 is 0 Å². The second kappa shape index (κ2) is 10.2. The standard InChI is InChI=1S/C22H28FN3O2/c1-18(22(27)24-17-19-7-9-20(23)10-8-19)26-13-11-25(12-14-26)15-16-28-21-5-3-2-4-6-21/h2-10,18H,11-17H2,1H3,(H,24,27). The molecular formula is C22H28FN3O2. The fraction of sp³-hybridized carbons (Fsp3) is 0.409. The van der Waals surface area contributed by atoms with E-state index in [1.54, 1.807) is 12.1 Å². The zero-order valence-electron chi connectivity index (χ0n) is 16.3. The number of hydrogen-bond acceptors (Lipinski definition) is 4. The molecule has 2 aromatic carbocycles. The van der Waals surface area contributed by atoms with Gasteiger partial charge in [0.15, 0.2) is 0 Å². The van der Waals surface area contributed by atoms with Crippen molar-refractivity contribution in [3.63, 3.8) is 0 Å². The molecule has 2 aromatic rings. The van der Waals surface area contributed by atoms with E-state index in [9.17, 15) is 9.18 Å². The molecule has 1 aliphatic heterocycles. The van der Waals surface area contributed by atoms with Crippen LogP contribution >= 0.6 is 0 Å². The van der Waals surface area contributed by atoms with Crippen molar-refractivity contribution in [3.8, 4) is 5.75 Å². The zero-order valence-corrected chi connectivity index (χ0v) is 16.3. The molecule has 1 aliphatic rings. The summed E-state index contributed by atoms with van der Waals surface area (Å²) < 4.78 is 18.7. The Morgan fingerprint density at radius 1 is 1.07 bits per heavy atom. The van der Waals surface area contributed by atoms with Crippen LogP contribution in [0.2, 0.25) is 0 Å². The lowest BCUT2D eigenvalue weighted by atomic mass is 10.2. The largest absolute Gasteiger partial charge is 0.492 e. The average molecular weight is 385 g/mol. The van der Waals surface area contributed by atoms with Crippen molar-refractivity contribution in [2.75, 3.05) is 39.3 Å². The summed E-state index contributed by atoms with van der Waals surface area (Å²) in [6.45, 7) is 7.47. The van der Waals surface area contributed by atoms with E-state index in [-0.39, 0.29) is 17.8 Å². The topological polar surface area (TPSA) is 44.8 Å². The Hall–Kier alpha value is -2.44. The van der Waals surface area contributed by atoms with Crippen LogP contribution in [0, 0.1) is 5.82 Å². The number of nitrogens with zero attached hydrogens (tertiary/aromatic N) is 2. The molecule has 28 heavy (non-hydrogen) atoms. The molecule has 1 atom stereocenters. The first kappa shape index (κ1) is 20.3. The van der Waals surface area contributed by atoms with Crippen LogP contribution in [0.5, 0.6) is 5.75 Å². The SMILES string of the molecule is CC(C(=O)NCc1ccc(F)cc1)N1CCN(CCOc2ccccc2)CC1. The molecule has 1 N–H and O–H groups in total. The predicted molar refractivity (Wildman–Crippen MR) is 108 cm³/mol. The van der Waals surface area contributed by atoms with Crippen LogP contribution in [0.4, 0.5) is 4.39 Å². The second-order valence-electron chi connectivity index (χ2n) is 7.06. The number of carbonyl (C=O) groups excluding carboxylic acids is 1. The van der Waals surface area contributed by atoms with Gasteiger partial charge in [-0.15, -0.1) is 0 Å². The van der Waals surface area contributed by atoms with Crippen molar-refractivity contribution in [1.82, 2.24) is 15.1 Å². The monoisotopic (exact) mass is 385 g/mol. The maximum Gasteiger partial charge on any atom is 0.237 e. The Morgan fingerprint density at radius 3 is 2.43 bits per heavy atom. The Balaban J connectivity index is 1.35. The lowest BCUT2D eigenvalue weighted by molar-refractivity contribution is -0.126. The molecule has 0 aromatic heterocycles. The van der Waals surface area contributed by atoms with Crippen molar-refractivity contribution < 1.29 is 13.9 Å². The maximum atomic E-state index is 12.9. The third kappa shape index (κ3) is 6.04. The van der Waals surface area contributed by atoms with Gasteiger partial charge < -0.3 is 10.1 Å². The Morgan fingerprint density at radius 2 is 1.75 bits per heavy atom. The summed E-state index contributed by atoms with van der Waals surface area (Å²) in [6, 6.07) is 15.9. The van der Waals surface area contributed by atoms with Gasteiger partial charge in [-0.2, -0.15) is 0 Å². The first-order chi connectivity index (χ1) is 13.6. The van der Waals surface area contributed by atoms with Crippen LogP contribution in [0.3, 0.4) is 0 Å². The van der Waals surface area contributed by atoms with E-state index in [2.05, 4.69) is 15.1 Å². The number of para-hydroxylation sites is 1. The van der Waals surface area contributed by atoms with Gasteiger partial charge in [-0.25, -0.2) is 4.39 Å². The molecule has 6 heteroatoms. The molecule has 1 amide bonds. The van der Waals surface area contributed by atoms with Crippen LogP contribution < -0.4 is 10.1 Å². The maximum absolute atomic E-state index is 12.9. The number of carbonyl (C=O) groups is 1. The smallest absolute Gasteiger partial charge is 0.237 e. The van der Waals surface area contributed by atoms with Gasteiger partial charge in [0.05, 0.1) is 6.04 Å². The summed E-state index contributed by atoms with van der Waals surface area (Å²) in [5, 5.41) is 2.94. The van der Waals surface area contributed by atoms with Crippen LogP contribution in [0.25, 0.3) is 0 Å². The average Bonchev–Trinajstić information content (AvgIpc) is 2.74. The van der Waals surface area contributed by atoms with E-state index in [1.807, 2.05) is 37.3 Å². The highest BCUT2D eigenvalue weighted by Crippen LogP contribution is 2.10. The fourth-order valence-electron chi connectivity index (χ4n) is 3.29. The zero-order chi connectivity index (χ0) is 19.8. The van der Waals surface area contributed by atoms with Crippen LogP contribution in [-0.4, -0.2) is 61.1 Å². The van der Waals surface area contributed by atoms with Crippen molar-refractivity contribution in [3.05, 3.63) is 66.0 Å². The lowest BCUT2D eigenvalue weighted by Crippen LogP contribution is -2.54. The molecule has 0 bridgehead atoms. The molecule has 3 rings (SSSR count). The highest BCUT2D eigenvalue weighted by molar-refractivity contribution is 5.81. The highest BCUT2D eigenvalue weighted by atomic mass is 19.1. The number of nitrogens with one attached hydrogen (secondary N) is 1. The number of hydrogen-bond donors (Lipinski definition) is 1. The number of halogens is 1. The van der Waals surface area contributed by atoms with Crippen molar-refractivity contribution in [1.29, 1.82) is 0 Å². The summed E-state index contributed by atoms with van der Waals surface area (Å²) in [4.78, 5) is 17.0. The first-order valence-corrected chi connectivity index (χ1v) is 9.78. The minimum atomic E-state index is -0.268. The normalized spacial score (nSPS) is 16.5. The third-order valence-corrected chi connectivity index (χ3v) is 5.13. The number of piperazine rings is 1. The molecule has 1 heterocycles. The Bertz CT molecular complexity index is 731. The predicted octanol–water partition coefficient (Wildman–Crippen LogP) is 2.53. The molecule has 1 unspecified atom stereocenters. The molecule has 5 nitrogen and oxygen atoms in total. The fourth-order valence-corrected chi connectivity index (χ4v) is 3.29. The second-order valence-corrected chi connectivity index (χ2v) is 7.06. The molecule has 0 aliphatic carbocycles. The molecule has 1 saturated heterocycles. The van der Waals surface area contributed by atoms with E-state index in [0.29, 0.717) is 13.2 Å². The van der Waals surface area contributed by atoms with E-state index in [1.165, 1.54) is 12.1 Å². The molecule has 150 valence electrons. The molecular weight excluding hydrogens is 357 g/mol. The van der Waals surface area contributed by atoms with Gasteiger partial charge >= 0.3 is 0 Å². The van der Waals surface area contributed by atoms with Crippen LogP contribution in [0.15, 0.2) is 54.6 Å². The van der Waals surface area contributed by atoms with Crippen molar-refractivity contribution in [2.24, 2.45) is 0 Å². The summed E-state index contributed by atoms with van der Waals surface area (Å²) in [6.07, 6.45) is 0. The van der Waals surface area contributed by atoms with E-state index < -0.39 is 0 Å². The van der Waals surface area contributed by atoms with Crippen molar-refractivity contribution in [2.45, 2.75) is 19.5 Å². The van der Waals surface area contributed by atoms with Gasteiger partial charge in [0.25, 0.3) is 0 Å². The number of ether oxygens (including phenoxy) is 1. The quantitative estimate of drug-likeness (QED) is 0.759. The molecule has 0 radical (unpaired) electrons. The number of amides is 1. The van der Waals surface area contributed by atoms with Gasteiger partial charge in [-0.05, 0) is 36.8 Å². The first-order valence-electron chi connectivity index (χ1n) is 9.78. The van der Waals surface area contributed by atoms with Gasteiger partial charge in [-0.3, -0.25) is 14.6 Å². The van der Waals surface area contributed by atoms with Crippen LogP contribution in [0.1, 0.15) is 12.5 Å². The number of rotatable bonds is 8. The van der Waals surface area contributed by atoms with E-state index in [0.717, 1.165) is 44.0 Å². The summed E-state index contributed by atoms with van der Waals surface area (Å²) in [5.41, 5.74) is 0.894.